The summed E-state index contributed by atoms with van der Waals surface area (Å²) in [7, 11) is 0. The molecule has 0 spiro atoms. The number of hydrogen-bond acceptors (Lipinski definition) is 5. The summed E-state index contributed by atoms with van der Waals surface area (Å²) < 4.78 is 35.8. The zero-order valence-electron chi connectivity index (χ0n) is 10.5. The summed E-state index contributed by atoms with van der Waals surface area (Å²) in [5.74, 6) is 5.17. The van der Waals surface area contributed by atoms with Gasteiger partial charge in [-0.3, -0.25) is 16.0 Å². The highest BCUT2D eigenvalue weighted by molar-refractivity contribution is 5.75. The number of benzene rings is 1. The maximum atomic E-state index is 11.9. The third kappa shape index (κ3) is 4.92. The van der Waals surface area contributed by atoms with Gasteiger partial charge >= 0.3 is 11.9 Å². The lowest BCUT2D eigenvalue weighted by molar-refractivity contribution is -0.383. The van der Waals surface area contributed by atoms with Gasteiger partial charge in [-0.2, -0.15) is 13.2 Å². The molecule has 0 saturated carbocycles. The van der Waals surface area contributed by atoms with Crippen LogP contribution in [0, 0.1) is 10.1 Å². The van der Waals surface area contributed by atoms with Gasteiger partial charge in [0.05, 0.1) is 4.92 Å². The van der Waals surface area contributed by atoms with Crippen LogP contribution in [0.5, 0.6) is 0 Å². The number of nitro benzene ring substituents is 1. The highest BCUT2D eigenvalue weighted by Crippen LogP contribution is 2.32. The van der Waals surface area contributed by atoms with Gasteiger partial charge in [-0.25, -0.2) is 0 Å². The van der Waals surface area contributed by atoms with Crippen LogP contribution in [0.3, 0.4) is 0 Å². The molecule has 0 aliphatic heterocycles. The number of nitro groups is 1. The summed E-state index contributed by atoms with van der Waals surface area (Å²) in [6, 6.07) is 4.47. The molecule has 20 heavy (non-hydrogen) atoms. The molecule has 1 aromatic carbocycles. The van der Waals surface area contributed by atoms with E-state index in [4.69, 9.17) is 5.84 Å². The van der Waals surface area contributed by atoms with Gasteiger partial charge in [0, 0.05) is 13.0 Å². The van der Waals surface area contributed by atoms with Crippen molar-refractivity contribution in [2.24, 2.45) is 5.84 Å². The quantitative estimate of drug-likeness (QED) is 0.311. The van der Waals surface area contributed by atoms with Crippen molar-refractivity contribution in [1.82, 2.24) is 0 Å². The maximum Gasteiger partial charge on any atom is 0.389 e. The van der Waals surface area contributed by atoms with Crippen molar-refractivity contribution < 1.29 is 18.1 Å². The second kappa shape index (κ2) is 6.94. The molecule has 1 aromatic rings. The van der Waals surface area contributed by atoms with E-state index in [1.165, 1.54) is 12.1 Å². The first-order chi connectivity index (χ1) is 9.35. The molecular weight excluding hydrogens is 277 g/mol. The summed E-state index contributed by atoms with van der Waals surface area (Å²) in [5.41, 5.74) is 2.33. The van der Waals surface area contributed by atoms with Crippen LogP contribution >= 0.6 is 0 Å². The predicted molar refractivity (Wildman–Crippen MR) is 69.3 cm³/mol. The van der Waals surface area contributed by atoms with Crippen LogP contribution in [0.15, 0.2) is 18.2 Å². The van der Waals surface area contributed by atoms with Crippen molar-refractivity contribution in [3.05, 3.63) is 28.3 Å². The lowest BCUT2D eigenvalue weighted by Crippen LogP contribution is -2.12. The number of halogens is 3. The number of unbranched alkanes of at least 4 members (excludes halogenated alkanes) is 1. The fourth-order valence-electron chi connectivity index (χ4n) is 1.67. The number of nitrogen functional groups attached to an aromatic ring is 1. The molecule has 1 rings (SSSR count). The van der Waals surface area contributed by atoms with Crippen LogP contribution in [0.2, 0.25) is 0 Å². The molecule has 112 valence electrons. The van der Waals surface area contributed by atoms with Gasteiger partial charge in [0.25, 0.3) is 0 Å². The topological polar surface area (TPSA) is 93.2 Å². The Bertz CT molecular complexity index is 465. The van der Waals surface area contributed by atoms with E-state index in [1.807, 2.05) is 0 Å². The van der Waals surface area contributed by atoms with Crippen molar-refractivity contribution in [3.63, 3.8) is 0 Å². The minimum atomic E-state index is -4.17. The van der Waals surface area contributed by atoms with Crippen LogP contribution in [-0.4, -0.2) is 17.6 Å². The number of nitrogens with zero attached hydrogens (tertiary/aromatic N) is 1. The summed E-state index contributed by atoms with van der Waals surface area (Å²) in [5, 5.41) is 13.7. The highest BCUT2D eigenvalue weighted by atomic mass is 19.4. The summed E-state index contributed by atoms with van der Waals surface area (Å²) >= 11 is 0. The maximum absolute atomic E-state index is 11.9. The van der Waals surface area contributed by atoms with Crippen molar-refractivity contribution >= 4 is 17.1 Å². The van der Waals surface area contributed by atoms with Crippen LogP contribution in [0.4, 0.5) is 30.2 Å². The Morgan fingerprint density at radius 3 is 2.45 bits per heavy atom. The summed E-state index contributed by atoms with van der Waals surface area (Å²) in [6.45, 7) is 0.213. The van der Waals surface area contributed by atoms with Crippen molar-refractivity contribution in [2.75, 3.05) is 17.3 Å². The summed E-state index contributed by atoms with van der Waals surface area (Å²) in [6.07, 6.45) is -4.80. The molecule has 0 amide bonds. The first-order valence-corrected chi connectivity index (χ1v) is 5.90. The van der Waals surface area contributed by atoms with Crippen molar-refractivity contribution in [1.29, 1.82) is 0 Å². The van der Waals surface area contributed by atoms with E-state index in [1.54, 1.807) is 6.07 Å². The van der Waals surface area contributed by atoms with Gasteiger partial charge in [0.1, 0.15) is 11.4 Å². The van der Waals surface area contributed by atoms with Gasteiger partial charge < -0.3 is 10.7 Å². The Morgan fingerprint density at radius 1 is 1.25 bits per heavy atom. The van der Waals surface area contributed by atoms with E-state index in [9.17, 15) is 23.3 Å². The third-order valence-corrected chi connectivity index (χ3v) is 2.58. The average molecular weight is 292 g/mol. The number of hydrazine groups is 1. The zero-order chi connectivity index (χ0) is 15.2. The van der Waals surface area contributed by atoms with Crippen molar-refractivity contribution in [2.45, 2.75) is 25.4 Å². The van der Waals surface area contributed by atoms with Gasteiger partial charge in [0.2, 0.25) is 0 Å². The highest BCUT2D eigenvalue weighted by Gasteiger charge is 2.25. The number of anilines is 2. The second-order valence-electron chi connectivity index (χ2n) is 4.10. The minimum absolute atomic E-state index is 0.0286. The fraction of sp³-hybridized carbons (Fsp3) is 0.455. The van der Waals surface area contributed by atoms with E-state index in [0.29, 0.717) is 0 Å². The Morgan fingerprint density at radius 2 is 1.90 bits per heavy atom. The van der Waals surface area contributed by atoms with E-state index in [-0.39, 0.29) is 36.4 Å². The molecule has 0 radical (unpaired) electrons. The minimum Gasteiger partial charge on any atom is -0.379 e. The molecule has 0 bridgehead atoms. The van der Waals surface area contributed by atoms with Gasteiger partial charge in [-0.15, -0.1) is 0 Å². The molecule has 0 aromatic heterocycles. The van der Waals surface area contributed by atoms with Crippen LogP contribution in [0.25, 0.3) is 0 Å². The Balaban J connectivity index is 2.58. The molecule has 0 fully saturated rings. The number of nitrogens with two attached hydrogens (primary N) is 1. The third-order valence-electron chi connectivity index (χ3n) is 2.58. The number of para-hydroxylation sites is 1. The Labute approximate surface area is 113 Å². The summed E-state index contributed by atoms with van der Waals surface area (Å²) in [4.78, 5) is 10.3. The number of rotatable bonds is 7. The lowest BCUT2D eigenvalue weighted by atomic mass is 10.2. The molecule has 9 heteroatoms. The first kappa shape index (κ1) is 16.0. The smallest absolute Gasteiger partial charge is 0.379 e. The molecule has 0 saturated heterocycles. The van der Waals surface area contributed by atoms with Crippen LogP contribution in [0.1, 0.15) is 19.3 Å². The largest absolute Gasteiger partial charge is 0.389 e. The van der Waals surface area contributed by atoms with E-state index < -0.39 is 17.5 Å². The van der Waals surface area contributed by atoms with E-state index in [0.717, 1.165) is 0 Å². The van der Waals surface area contributed by atoms with E-state index >= 15 is 0 Å². The number of nitrogens with one attached hydrogen (secondary N) is 2. The molecular formula is C11H15F3N4O2. The average Bonchev–Trinajstić information content (AvgIpc) is 2.36. The fourth-order valence-corrected chi connectivity index (χ4v) is 1.67. The second-order valence-corrected chi connectivity index (χ2v) is 4.10. The van der Waals surface area contributed by atoms with Gasteiger partial charge in [0.15, 0.2) is 0 Å². The monoisotopic (exact) mass is 292 g/mol. The molecule has 0 heterocycles. The normalized spacial score (nSPS) is 11.2. The SMILES string of the molecule is NNc1cccc(NCCCCC(F)(F)F)c1[N+](=O)[O-]. The first-order valence-electron chi connectivity index (χ1n) is 5.90. The molecule has 0 aliphatic rings. The molecule has 0 atom stereocenters. The van der Waals surface area contributed by atoms with Gasteiger partial charge in [-0.1, -0.05) is 6.07 Å². The Kier molecular flexibility index (Phi) is 5.56. The zero-order valence-corrected chi connectivity index (χ0v) is 10.5. The lowest BCUT2D eigenvalue weighted by Gasteiger charge is -2.10. The van der Waals surface area contributed by atoms with Crippen LogP contribution < -0.4 is 16.6 Å². The molecule has 4 N–H and O–H groups in total. The Hall–Kier alpha value is -2.03. The number of alkyl halides is 3. The van der Waals surface area contributed by atoms with E-state index in [2.05, 4.69) is 10.7 Å². The van der Waals surface area contributed by atoms with Crippen molar-refractivity contribution in [3.8, 4) is 0 Å². The predicted octanol–water partition coefficient (Wildman–Crippen LogP) is 3.02. The molecule has 0 unspecified atom stereocenters. The molecule has 6 nitrogen and oxygen atoms in total. The standard InChI is InChI=1S/C11H15F3N4O2/c12-11(13,14)6-1-2-7-16-8-4-3-5-9(17-15)10(8)18(19)20/h3-5,16-17H,1-2,6-7,15H2. The molecule has 0 aliphatic carbocycles. The van der Waals surface area contributed by atoms with Gasteiger partial charge in [-0.05, 0) is 25.0 Å². The number of hydrogen-bond donors (Lipinski definition) is 3. The van der Waals surface area contributed by atoms with Crippen LogP contribution in [-0.2, 0) is 0 Å².